The van der Waals surface area contributed by atoms with E-state index in [0.29, 0.717) is 31.0 Å². The van der Waals surface area contributed by atoms with Crippen LogP contribution in [0.5, 0.6) is 0 Å². The van der Waals surface area contributed by atoms with Crippen molar-refractivity contribution in [1.82, 2.24) is 10.2 Å². The van der Waals surface area contributed by atoms with E-state index in [1.165, 1.54) is 0 Å². The maximum absolute atomic E-state index is 12.3. The minimum atomic E-state index is -0.435. The molecule has 1 N–H and O–H groups in total. The van der Waals surface area contributed by atoms with Crippen molar-refractivity contribution in [2.45, 2.75) is 52.6 Å². The van der Waals surface area contributed by atoms with Crippen molar-refractivity contribution in [1.29, 1.82) is 0 Å². The van der Waals surface area contributed by atoms with Gasteiger partial charge in [0.25, 0.3) is 0 Å². The van der Waals surface area contributed by atoms with Gasteiger partial charge in [-0.1, -0.05) is 44.5 Å². The van der Waals surface area contributed by atoms with Crippen LogP contribution in [-0.2, 0) is 16.1 Å². The molecular formula is C17H25ClN2O2. The van der Waals surface area contributed by atoms with Gasteiger partial charge in [-0.15, -0.1) is 0 Å². The van der Waals surface area contributed by atoms with E-state index < -0.39 is 6.04 Å². The Morgan fingerprint density at radius 2 is 1.82 bits per heavy atom. The fourth-order valence-corrected chi connectivity index (χ4v) is 2.40. The van der Waals surface area contributed by atoms with E-state index in [4.69, 9.17) is 11.6 Å². The largest absolute Gasteiger partial charge is 0.354 e. The predicted molar refractivity (Wildman–Crippen MR) is 89.7 cm³/mol. The van der Waals surface area contributed by atoms with Crippen LogP contribution in [0.4, 0.5) is 0 Å². The Morgan fingerprint density at radius 1 is 1.18 bits per heavy atom. The second-order valence-electron chi connectivity index (χ2n) is 5.22. The molecule has 4 nitrogen and oxygen atoms in total. The second-order valence-corrected chi connectivity index (χ2v) is 5.65. The third kappa shape index (κ3) is 5.34. The number of halogens is 1. The molecule has 0 saturated heterocycles. The molecule has 0 aromatic heterocycles. The monoisotopic (exact) mass is 324 g/mol. The molecule has 0 unspecified atom stereocenters. The Hall–Kier alpha value is -1.55. The molecule has 0 fully saturated rings. The third-order valence-corrected chi connectivity index (χ3v) is 3.76. The number of hydrogen-bond donors (Lipinski definition) is 1. The molecule has 0 spiro atoms. The second kappa shape index (κ2) is 9.46. The first-order chi connectivity index (χ1) is 10.5. The van der Waals surface area contributed by atoms with Crippen LogP contribution in [0.3, 0.4) is 0 Å². The maximum Gasteiger partial charge on any atom is 0.242 e. The van der Waals surface area contributed by atoms with Gasteiger partial charge in [-0.2, -0.15) is 0 Å². The summed E-state index contributed by atoms with van der Waals surface area (Å²) in [5, 5.41) is 3.54. The van der Waals surface area contributed by atoms with Gasteiger partial charge in [-0.3, -0.25) is 9.59 Å². The molecule has 0 aliphatic heterocycles. The minimum absolute atomic E-state index is 0.0200. The smallest absolute Gasteiger partial charge is 0.242 e. The molecule has 5 heteroatoms. The SMILES string of the molecule is CCCNC(=O)[C@@H](CC)N(Cc1ccc(Cl)cc1)C(=O)CC. The molecular weight excluding hydrogens is 300 g/mol. The number of nitrogens with zero attached hydrogens (tertiary/aromatic N) is 1. The van der Waals surface area contributed by atoms with Crippen LogP contribution in [0, 0.1) is 0 Å². The molecule has 122 valence electrons. The van der Waals surface area contributed by atoms with Crippen LogP contribution in [0.15, 0.2) is 24.3 Å². The van der Waals surface area contributed by atoms with Crippen molar-refractivity contribution in [3.8, 4) is 0 Å². The average Bonchev–Trinajstić information content (AvgIpc) is 2.53. The summed E-state index contributed by atoms with van der Waals surface area (Å²) in [5.41, 5.74) is 0.966. The number of nitrogens with one attached hydrogen (secondary N) is 1. The lowest BCUT2D eigenvalue weighted by atomic mass is 10.1. The number of amides is 2. The average molecular weight is 325 g/mol. The van der Waals surface area contributed by atoms with Crippen molar-refractivity contribution < 1.29 is 9.59 Å². The Kier molecular flexibility index (Phi) is 7.96. The molecule has 2 amide bonds. The highest BCUT2D eigenvalue weighted by atomic mass is 35.5. The first-order valence-corrected chi connectivity index (χ1v) is 8.22. The van der Waals surface area contributed by atoms with Crippen LogP contribution in [0.2, 0.25) is 5.02 Å². The van der Waals surface area contributed by atoms with Crippen LogP contribution in [-0.4, -0.2) is 29.3 Å². The van der Waals surface area contributed by atoms with Crippen LogP contribution in [0.25, 0.3) is 0 Å². The summed E-state index contributed by atoms with van der Waals surface area (Å²) in [6.07, 6.45) is 1.85. The summed E-state index contributed by atoms with van der Waals surface area (Å²) in [7, 11) is 0. The fourth-order valence-electron chi connectivity index (χ4n) is 2.28. The Morgan fingerprint density at radius 3 is 2.32 bits per heavy atom. The topological polar surface area (TPSA) is 49.4 Å². The quantitative estimate of drug-likeness (QED) is 0.797. The number of benzene rings is 1. The van der Waals surface area contributed by atoms with Crippen molar-refractivity contribution in [3.05, 3.63) is 34.9 Å². The highest BCUT2D eigenvalue weighted by Crippen LogP contribution is 2.15. The van der Waals surface area contributed by atoms with E-state index in [0.717, 1.165) is 12.0 Å². The first kappa shape index (κ1) is 18.5. The van der Waals surface area contributed by atoms with Gasteiger partial charge in [0.05, 0.1) is 0 Å². The number of hydrogen-bond acceptors (Lipinski definition) is 2. The normalized spacial score (nSPS) is 11.8. The van der Waals surface area contributed by atoms with Gasteiger partial charge >= 0.3 is 0 Å². The van der Waals surface area contributed by atoms with Gasteiger partial charge in [0.15, 0.2) is 0 Å². The molecule has 1 aromatic carbocycles. The lowest BCUT2D eigenvalue weighted by Gasteiger charge is -2.30. The van der Waals surface area contributed by atoms with Gasteiger partial charge in [0.1, 0.15) is 6.04 Å². The third-order valence-electron chi connectivity index (χ3n) is 3.50. The molecule has 0 saturated carbocycles. The van der Waals surface area contributed by atoms with E-state index in [1.807, 2.05) is 32.9 Å². The number of carbonyl (C=O) groups is 2. The zero-order valence-electron chi connectivity index (χ0n) is 13.6. The van der Waals surface area contributed by atoms with E-state index >= 15 is 0 Å². The Balaban J connectivity index is 2.92. The predicted octanol–water partition coefficient (Wildman–Crippen LogP) is 3.38. The van der Waals surface area contributed by atoms with Gasteiger partial charge in [0.2, 0.25) is 11.8 Å². The minimum Gasteiger partial charge on any atom is -0.354 e. The highest BCUT2D eigenvalue weighted by Gasteiger charge is 2.27. The van der Waals surface area contributed by atoms with E-state index in [1.54, 1.807) is 17.0 Å². The molecule has 0 aliphatic rings. The van der Waals surface area contributed by atoms with Gasteiger partial charge in [-0.25, -0.2) is 0 Å². The zero-order chi connectivity index (χ0) is 16.5. The zero-order valence-corrected chi connectivity index (χ0v) is 14.3. The molecule has 22 heavy (non-hydrogen) atoms. The van der Waals surface area contributed by atoms with Gasteiger partial charge < -0.3 is 10.2 Å². The molecule has 0 heterocycles. The van der Waals surface area contributed by atoms with Crippen molar-refractivity contribution in [3.63, 3.8) is 0 Å². The van der Waals surface area contributed by atoms with Crippen LogP contribution >= 0.6 is 11.6 Å². The number of carbonyl (C=O) groups excluding carboxylic acids is 2. The lowest BCUT2D eigenvalue weighted by Crippen LogP contribution is -2.49. The molecule has 1 aromatic rings. The highest BCUT2D eigenvalue weighted by molar-refractivity contribution is 6.30. The van der Waals surface area contributed by atoms with E-state index in [-0.39, 0.29) is 11.8 Å². The molecule has 0 aliphatic carbocycles. The fraction of sp³-hybridized carbons (Fsp3) is 0.529. The Labute approximate surface area is 137 Å². The van der Waals surface area contributed by atoms with E-state index in [2.05, 4.69) is 5.32 Å². The van der Waals surface area contributed by atoms with E-state index in [9.17, 15) is 9.59 Å². The Bertz CT molecular complexity index is 488. The molecule has 1 atom stereocenters. The van der Waals surface area contributed by atoms with Gasteiger partial charge in [0, 0.05) is 24.5 Å². The summed E-state index contributed by atoms with van der Waals surface area (Å²) >= 11 is 5.89. The lowest BCUT2D eigenvalue weighted by molar-refractivity contribution is -0.141. The maximum atomic E-state index is 12.3. The standard InChI is InChI=1S/C17H25ClN2O2/c1-4-11-19-17(22)15(5-2)20(16(21)6-3)12-13-7-9-14(18)10-8-13/h7-10,15H,4-6,11-12H2,1-3H3,(H,19,22)/t15-/m1/s1. The van der Waals surface area contributed by atoms with Crippen molar-refractivity contribution >= 4 is 23.4 Å². The van der Waals surface area contributed by atoms with Crippen LogP contribution < -0.4 is 5.32 Å². The molecule has 0 radical (unpaired) electrons. The molecule has 0 bridgehead atoms. The van der Waals surface area contributed by atoms with Crippen molar-refractivity contribution in [2.75, 3.05) is 6.54 Å². The van der Waals surface area contributed by atoms with Gasteiger partial charge in [-0.05, 0) is 30.5 Å². The van der Waals surface area contributed by atoms with Crippen LogP contribution in [0.1, 0.15) is 45.6 Å². The number of rotatable bonds is 8. The first-order valence-electron chi connectivity index (χ1n) is 7.85. The summed E-state index contributed by atoms with van der Waals surface area (Å²) in [5.74, 6) is -0.103. The molecule has 1 rings (SSSR count). The summed E-state index contributed by atoms with van der Waals surface area (Å²) in [4.78, 5) is 26.3. The van der Waals surface area contributed by atoms with Crippen molar-refractivity contribution in [2.24, 2.45) is 0 Å². The summed E-state index contributed by atoms with van der Waals surface area (Å²) in [6, 6.07) is 6.92. The summed E-state index contributed by atoms with van der Waals surface area (Å²) < 4.78 is 0. The summed E-state index contributed by atoms with van der Waals surface area (Å²) in [6.45, 7) is 6.79.